The van der Waals surface area contributed by atoms with Crippen LogP contribution in [0.2, 0.25) is 0 Å². The standard InChI is InChI=1S/C14H18N2O3S2/c1-9-5-12(19-4)13(6-10(9)2)21(17,18)15-7-14-16-11(3)8-20-14/h5-6,8,15H,7H2,1-4H3. The third-order valence-corrected chi connectivity index (χ3v) is 5.54. The minimum atomic E-state index is -3.64. The predicted molar refractivity (Wildman–Crippen MR) is 83.3 cm³/mol. The van der Waals surface area contributed by atoms with Crippen molar-refractivity contribution in [1.82, 2.24) is 9.71 Å². The molecule has 0 saturated heterocycles. The SMILES string of the molecule is COc1cc(C)c(C)cc1S(=O)(=O)NCc1nc(C)cs1. The number of aromatic nitrogens is 1. The molecule has 1 heterocycles. The van der Waals surface area contributed by atoms with Gasteiger partial charge in [0.2, 0.25) is 10.0 Å². The van der Waals surface area contributed by atoms with E-state index in [0.717, 1.165) is 21.8 Å². The Kier molecular flexibility index (Phi) is 4.65. The summed E-state index contributed by atoms with van der Waals surface area (Å²) in [6, 6.07) is 3.36. The number of hydrogen-bond donors (Lipinski definition) is 1. The molecule has 0 aliphatic heterocycles. The molecule has 7 heteroatoms. The molecule has 0 unspecified atom stereocenters. The lowest BCUT2D eigenvalue weighted by atomic mass is 10.1. The molecule has 1 aromatic heterocycles. The first-order chi connectivity index (χ1) is 9.83. The maximum Gasteiger partial charge on any atom is 0.244 e. The molecule has 0 saturated carbocycles. The monoisotopic (exact) mass is 326 g/mol. The molecule has 0 amide bonds. The van der Waals surface area contributed by atoms with Gasteiger partial charge in [-0.05, 0) is 44.0 Å². The molecule has 0 atom stereocenters. The number of thiazole rings is 1. The van der Waals surface area contributed by atoms with E-state index in [1.165, 1.54) is 18.4 Å². The summed E-state index contributed by atoms with van der Waals surface area (Å²) >= 11 is 1.43. The zero-order chi connectivity index (χ0) is 15.6. The van der Waals surface area contributed by atoms with Crippen LogP contribution in [0.1, 0.15) is 21.8 Å². The number of methoxy groups -OCH3 is 1. The Hall–Kier alpha value is -1.44. The summed E-state index contributed by atoms with van der Waals surface area (Å²) in [5, 5.41) is 2.62. The number of nitrogens with zero attached hydrogens (tertiary/aromatic N) is 1. The summed E-state index contributed by atoms with van der Waals surface area (Å²) in [5.41, 5.74) is 2.78. The van der Waals surface area contributed by atoms with E-state index in [0.29, 0.717) is 5.75 Å². The highest BCUT2D eigenvalue weighted by atomic mass is 32.2. The second-order valence-electron chi connectivity index (χ2n) is 4.79. The van der Waals surface area contributed by atoms with Crippen LogP contribution < -0.4 is 9.46 Å². The number of nitrogens with one attached hydrogen (secondary N) is 1. The topological polar surface area (TPSA) is 68.3 Å². The van der Waals surface area contributed by atoms with E-state index < -0.39 is 10.0 Å². The summed E-state index contributed by atoms with van der Waals surface area (Å²) in [6.45, 7) is 5.84. The van der Waals surface area contributed by atoms with E-state index in [2.05, 4.69) is 9.71 Å². The summed E-state index contributed by atoms with van der Waals surface area (Å²) in [6.07, 6.45) is 0. The molecule has 1 N–H and O–H groups in total. The fraction of sp³-hybridized carbons (Fsp3) is 0.357. The van der Waals surface area contributed by atoms with Crippen LogP contribution in [-0.2, 0) is 16.6 Å². The minimum Gasteiger partial charge on any atom is -0.495 e. The van der Waals surface area contributed by atoms with Gasteiger partial charge < -0.3 is 4.74 Å². The minimum absolute atomic E-state index is 0.154. The average Bonchev–Trinajstić information content (AvgIpc) is 2.85. The molecule has 0 aliphatic rings. The fourth-order valence-electron chi connectivity index (χ4n) is 1.85. The van der Waals surface area contributed by atoms with Gasteiger partial charge in [0.1, 0.15) is 15.7 Å². The van der Waals surface area contributed by atoms with Gasteiger partial charge in [-0.2, -0.15) is 0 Å². The molecule has 0 radical (unpaired) electrons. The van der Waals surface area contributed by atoms with Crippen LogP contribution in [-0.4, -0.2) is 20.5 Å². The zero-order valence-electron chi connectivity index (χ0n) is 12.4. The maximum absolute atomic E-state index is 12.4. The van der Waals surface area contributed by atoms with Gasteiger partial charge in [0.25, 0.3) is 0 Å². The number of hydrogen-bond acceptors (Lipinski definition) is 5. The Bertz CT molecular complexity index is 752. The first-order valence-corrected chi connectivity index (χ1v) is 8.75. The van der Waals surface area contributed by atoms with Crippen molar-refractivity contribution in [1.29, 1.82) is 0 Å². The zero-order valence-corrected chi connectivity index (χ0v) is 14.1. The van der Waals surface area contributed by atoms with Crippen LogP contribution in [0.25, 0.3) is 0 Å². The van der Waals surface area contributed by atoms with Crippen molar-refractivity contribution in [2.75, 3.05) is 7.11 Å². The Morgan fingerprint density at radius 2 is 1.90 bits per heavy atom. The summed E-state index contributed by atoms with van der Waals surface area (Å²) in [5.74, 6) is 0.348. The lowest BCUT2D eigenvalue weighted by Gasteiger charge is -2.12. The Morgan fingerprint density at radius 3 is 2.48 bits per heavy atom. The van der Waals surface area contributed by atoms with Crippen LogP contribution in [0, 0.1) is 20.8 Å². The predicted octanol–water partition coefficient (Wildman–Crippen LogP) is 2.56. The molecule has 114 valence electrons. The fourth-order valence-corrected chi connectivity index (χ4v) is 3.88. The van der Waals surface area contributed by atoms with Gasteiger partial charge in [-0.3, -0.25) is 0 Å². The van der Waals surface area contributed by atoms with Crippen LogP contribution >= 0.6 is 11.3 Å². The second kappa shape index (κ2) is 6.13. The van der Waals surface area contributed by atoms with Crippen molar-refractivity contribution >= 4 is 21.4 Å². The molecule has 21 heavy (non-hydrogen) atoms. The van der Waals surface area contributed by atoms with Gasteiger partial charge in [-0.25, -0.2) is 18.1 Å². The molecule has 1 aromatic carbocycles. The van der Waals surface area contributed by atoms with Gasteiger partial charge in [-0.15, -0.1) is 11.3 Å². The molecular weight excluding hydrogens is 308 g/mol. The van der Waals surface area contributed by atoms with E-state index >= 15 is 0 Å². The number of benzene rings is 1. The smallest absolute Gasteiger partial charge is 0.244 e. The highest BCUT2D eigenvalue weighted by Gasteiger charge is 2.20. The number of aryl methyl sites for hydroxylation is 3. The van der Waals surface area contributed by atoms with E-state index in [9.17, 15) is 8.42 Å². The highest BCUT2D eigenvalue weighted by molar-refractivity contribution is 7.89. The molecule has 0 aliphatic carbocycles. The van der Waals surface area contributed by atoms with Crippen molar-refractivity contribution < 1.29 is 13.2 Å². The van der Waals surface area contributed by atoms with Crippen molar-refractivity contribution in [3.8, 4) is 5.75 Å². The number of sulfonamides is 1. The second-order valence-corrected chi connectivity index (χ2v) is 7.47. The van der Waals surface area contributed by atoms with Gasteiger partial charge >= 0.3 is 0 Å². The third-order valence-electron chi connectivity index (χ3n) is 3.15. The molecular formula is C14H18N2O3S2. The van der Waals surface area contributed by atoms with Gasteiger partial charge in [0.05, 0.1) is 13.7 Å². The van der Waals surface area contributed by atoms with Gasteiger partial charge in [0.15, 0.2) is 0 Å². The number of ether oxygens (including phenoxy) is 1. The molecule has 5 nitrogen and oxygen atoms in total. The van der Waals surface area contributed by atoms with Crippen LogP contribution in [0.4, 0.5) is 0 Å². The van der Waals surface area contributed by atoms with Gasteiger partial charge in [0, 0.05) is 11.1 Å². The van der Waals surface area contributed by atoms with Crippen molar-refractivity contribution in [2.24, 2.45) is 0 Å². The Labute approximate surface area is 129 Å². The Morgan fingerprint density at radius 1 is 1.24 bits per heavy atom. The molecule has 0 spiro atoms. The lowest BCUT2D eigenvalue weighted by molar-refractivity contribution is 0.401. The lowest BCUT2D eigenvalue weighted by Crippen LogP contribution is -2.24. The summed E-state index contributed by atoms with van der Waals surface area (Å²) in [4.78, 5) is 4.40. The third kappa shape index (κ3) is 3.61. The van der Waals surface area contributed by atoms with Crippen LogP contribution in [0.5, 0.6) is 5.75 Å². The Balaban J connectivity index is 2.28. The maximum atomic E-state index is 12.4. The molecule has 2 aromatic rings. The van der Waals surface area contributed by atoms with Gasteiger partial charge in [-0.1, -0.05) is 0 Å². The van der Waals surface area contributed by atoms with E-state index in [4.69, 9.17) is 4.74 Å². The molecule has 0 fully saturated rings. The molecule has 0 bridgehead atoms. The summed E-state index contributed by atoms with van der Waals surface area (Å²) < 4.78 is 32.6. The van der Waals surface area contributed by atoms with Crippen molar-refractivity contribution in [3.63, 3.8) is 0 Å². The van der Waals surface area contributed by atoms with E-state index in [1.807, 2.05) is 26.2 Å². The first-order valence-electron chi connectivity index (χ1n) is 6.39. The van der Waals surface area contributed by atoms with Crippen molar-refractivity contribution in [3.05, 3.63) is 39.3 Å². The first kappa shape index (κ1) is 15.9. The van der Waals surface area contributed by atoms with E-state index in [-0.39, 0.29) is 11.4 Å². The number of rotatable bonds is 5. The average molecular weight is 326 g/mol. The van der Waals surface area contributed by atoms with Crippen LogP contribution in [0.3, 0.4) is 0 Å². The quantitative estimate of drug-likeness (QED) is 0.917. The largest absolute Gasteiger partial charge is 0.495 e. The summed E-state index contributed by atoms with van der Waals surface area (Å²) in [7, 11) is -2.17. The van der Waals surface area contributed by atoms with Crippen LogP contribution in [0.15, 0.2) is 22.4 Å². The normalized spacial score (nSPS) is 11.6. The highest BCUT2D eigenvalue weighted by Crippen LogP contribution is 2.27. The van der Waals surface area contributed by atoms with Crippen molar-refractivity contribution in [2.45, 2.75) is 32.2 Å². The van der Waals surface area contributed by atoms with E-state index in [1.54, 1.807) is 12.1 Å². The molecule has 2 rings (SSSR count).